The van der Waals surface area contributed by atoms with E-state index in [9.17, 15) is 40.0 Å². The summed E-state index contributed by atoms with van der Waals surface area (Å²) in [6.45, 7) is 0.360. The van der Waals surface area contributed by atoms with Crippen molar-refractivity contribution in [2.75, 3.05) is 11.9 Å². The van der Waals surface area contributed by atoms with Crippen molar-refractivity contribution in [3.8, 4) is 5.75 Å². The average molecular weight is 460 g/mol. The van der Waals surface area contributed by atoms with E-state index in [2.05, 4.69) is 10.6 Å². The number of nitro groups is 2. The summed E-state index contributed by atoms with van der Waals surface area (Å²) in [6.07, 6.45) is 1.88. The van der Waals surface area contributed by atoms with E-state index in [0.717, 1.165) is 6.07 Å². The van der Waals surface area contributed by atoms with Crippen molar-refractivity contribution >= 4 is 28.9 Å². The molecule has 0 aliphatic carbocycles. The number of carbonyl (C=O) groups excluding carboxylic acids is 1. The quantitative estimate of drug-likeness (QED) is 0.198. The second-order valence-electron chi connectivity index (χ2n) is 7.28. The molecule has 12 heteroatoms. The summed E-state index contributed by atoms with van der Waals surface area (Å²) in [5, 5.41) is 45.9. The first-order chi connectivity index (χ1) is 15.7. The number of nitro benzene ring substituents is 2. The van der Waals surface area contributed by atoms with Crippen molar-refractivity contribution in [3.63, 3.8) is 0 Å². The molecule has 4 N–H and O–H groups in total. The van der Waals surface area contributed by atoms with Gasteiger partial charge in [-0.2, -0.15) is 0 Å². The Balaban J connectivity index is 1.74. The molecular weight excluding hydrogens is 436 g/mol. The van der Waals surface area contributed by atoms with Gasteiger partial charge in [-0.25, -0.2) is 4.79 Å². The van der Waals surface area contributed by atoms with Gasteiger partial charge in [0.2, 0.25) is 5.91 Å². The molecule has 2 aromatic rings. The zero-order chi connectivity index (χ0) is 24.4. The van der Waals surface area contributed by atoms with Gasteiger partial charge < -0.3 is 20.8 Å². The number of hydrogen-bond donors (Lipinski definition) is 4. The second kappa shape index (κ2) is 12.0. The number of aliphatic carboxylic acids is 1. The third-order valence-electron chi connectivity index (χ3n) is 4.79. The lowest BCUT2D eigenvalue weighted by atomic mass is 10.1. The van der Waals surface area contributed by atoms with Crippen LogP contribution in [0.25, 0.3) is 0 Å². The maximum absolute atomic E-state index is 12.1. The van der Waals surface area contributed by atoms with E-state index >= 15 is 0 Å². The summed E-state index contributed by atoms with van der Waals surface area (Å²) >= 11 is 0. The van der Waals surface area contributed by atoms with Crippen molar-refractivity contribution in [1.82, 2.24) is 5.32 Å². The molecular formula is C21H24N4O8. The fourth-order valence-electron chi connectivity index (χ4n) is 3.08. The van der Waals surface area contributed by atoms with Gasteiger partial charge in [-0.3, -0.25) is 25.0 Å². The van der Waals surface area contributed by atoms with Gasteiger partial charge in [0, 0.05) is 25.5 Å². The maximum atomic E-state index is 12.1. The number of nitrogens with one attached hydrogen (secondary N) is 2. The molecule has 0 bridgehead atoms. The fourth-order valence-corrected chi connectivity index (χ4v) is 3.08. The lowest BCUT2D eigenvalue weighted by Gasteiger charge is -2.15. The number of nitrogens with zero attached hydrogens (tertiary/aromatic N) is 2. The molecule has 0 saturated carbocycles. The topological polar surface area (TPSA) is 185 Å². The zero-order valence-corrected chi connectivity index (χ0v) is 17.6. The van der Waals surface area contributed by atoms with E-state index in [1.54, 1.807) is 12.1 Å². The highest BCUT2D eigenvalue weighted by Gasteiger charge is 2.21. The van der Waals surface area contributed by atoms with Gasteiger partial charge in [0.05, 0.1) is 15.9 Å². The Labute approximate surface area is 188 Å². The number of aromatic hydroxyl groups is 1. The number of benzene rings is 2. The molecule has 0 saturated heterocycles. The molecule has 0 spiro atoms. The summed E-state index contributed by atoms with van der Waals surface area (Å²) in [6, 6.07) is 8.31. The normalized spacial score (nSPS) is 11.4. The second-order valence-corrected chi connectivity index (χ2v) is 7.28. The number of phenolic OH excluding ortho intramolecular Hbond substituents is 1. The predicted octanol–water partition coefficient (Wildman–Crippen LogP) is 2.99. The number of phenols is 1. The van der Waals surface area contributed by atoms with Gasteiger partial charge in [0.15, 0.2) is 0 Å². The molecule has 0 radical (unpaired) electrons. The van der Waals surface area contributed by atoms with Crippen LogP contribution in [-0.4, -0.2) is 44.5 Å². The average Bonchev–Trinajstić information content (AvgIpc) is 2.76. The molecule has 0 fully saturated rings. The highest BCUT2D eigenvalue weighted by atomic mass is 16.6. The highest BCUT2D eigenvalue weighted by molar-refractivity contribution is 5.83. The van der Waals surface area contributed by atoms with Crippen molar-refractivity contribution in [2.24, 2.45) is 0 Å². The summed E-state index contributed by atoms with van der Waals surface area (Å²) < 4.78 is 0. The number of rotatable bonds is 13. The van der Waals surface area contributed by atoms with Crippen LogP contribution in [-0.2, 0) is 16.0 Å². The number of amides is 1. The van der Waals surface area contributed by atoms with E-state index < -0.39 is 33.5 Å². The Morgan fingerprint density at radius 2 is 1.67 bits per heavy atom. The number of unbranched alkanes of at least 4 members (excludes halogenated alkanes) is 2. The Morgan fingerprint density at radius 3 is 2.27 bits per heavy atom. The maximum Gasteiger partial charge on any atom is 0.326 e. The number of non-ortho nitro benzene ring substituents is 1. The summed E-state index contributed by atoms with van der Waals surface area (Å²) in [5.74, 6) is -1.50. The molecule has 0 unspecified atom stereocenters. The molecule has 12 nitrogen and oxygen atoms in total. The minimum absolute atomic E-state index is 0.0623. The van der Waals surface area contributed by atoms with Crippen molar-refractivity contribution in [1.29, 1.82) is 0 Å². The van der Waals surface area contributed by atoms with Crippen LogP contribution in [0.5, 0.6) is 5.75 Å². The van der Waals surface area contributed by atoms with Crippen LogP contribution >= 0.6 is 0 Å². The van der Waals surface area contributed by atoms with Crippen LogP contribution < -0.4 is 10.6 Å². The van der Waals surface area contributed by atoms with E-state index in [0.29, 0.717) is 31.4 Å². The van der Waals surface area contributed by atoms with Crippen molar-refractivity contribution in [3.05, 3.63) is 68.3 Å². The van der Waals surface area contributed by atoms with Crippen molar-refractivity contribution < 1.29 is 29.6 Å². The van der Waals surface area contributed by atoms with Gasteiger partial charge in [-0.15, -0.1) is 0 Å². The number of anilines is 1. The largest absolute Gasteiger partial charge is 0.508 e. The van der Waals surface area contributed by atoms with E-state index in [-0.39, 0.29) is 30.0 Å². The number of carboxylic acid groups (broad SMARTS) is 1. The van der Waals surface area contributed by atoms with Crippen LogP contribution in [0, 0.1) is 20.2 Å². The highest BCUT2D eigenvalue weighted by Crippen LogP contribution is 2.28. The third-order valence-corrected chi connectivity index (χ3v) is 4.79. The zero-order valence-electron chi connectivity index (χ0n) is 17.6. The minimum atomic E-state index is -1.16. The van der Waals surface area contributed by atoms with Gasteiger partial charge in [0.1, 0.15) is 17.5 Å². The Bertz CT molecular complexity index is 1010. The van der Waals surface area contributed by atoms with Gasteiger partial charge in [0.25, 0.3) is 11.4 Å². The summed E-state index contributed by atoms with van der Waals surface area (Å²) in [7, 11) is 0. The predicted molar refractivity (Wildman–Crippen MR) is 118 cm³/mol. The molecule has 0 heterocycles. The molecule has 1 atom stereocenters. The molecule has 176 valence electrons. The van der Waals surface area contributed by atoms with E-state index in [1.807, 2.05) is 0 Å². The molecule has 1 amide bonds. The Kier molecular flexibility index (Phi) is 9.09. The number of carbonyl (C=O) groups is 2. The van der Waals surface area contributed by atoms with Crippen LogP contribution in [0.1, 0.15) is 31.2 Å². The Morgan fingerprint density at radius 1 is 0.970 bits per heavy atom. The smallest absolute Gasteiger partial charge is 0.326 e. The van der Waals surface area contributed by atoms with Crippen LogP contribution in [0.15, 0.2) is 42.5 Å². The monoisotopic (exact) mass is 460 g/mol. The first kappa shape index (κ1) is 25.0. The standard InChI is InChI=1S/C21H24N4O8/c26-16-8-5-14(6-9-16)12-18(21(28)29)23-20(27)4-2-1-3-11-22-17-10-7-15(24(30)31)13-19(17)25(32)33/h5-10,13,18,22,26H,1-4,11-12H2,(H,23,27)(H,28,29)/t18-/m0/s1. The van der Waals surface area contributed by atoms with E-state index in [4.69, 9.17) is 0 Å². The lowest BCUT2D eigenvalue weighted by molar-refractivity contribution is -0.393. The lowest BCUT2D eigenvalue weighted by Crippen LogP contribution is -2.42. The fraction of sp³-hybridized carbons (Fsp3) is 0.333. The third kappa shape index (κ3) is 8.09. The molecule has 0 aliphatic rings. The van der Waals surface area contributed by atoms with E-state index in [1.165, 1.54) is 24.3 Å². The first-order valence-electron chi connectivity index (χ1n) is 10.1. The number of hydrogen-bond acceptors (Lipinski definition) is 8. The van der Waals surface area contributed by atoms with Crippen molar-refractivity contribution in [2.45, 2.75) is 38.1 Å². The van der Waals surface area contributed by atoms with Crippen LogP contribution in [0.2, 0.25) is 0 Å². The minimum Gasteiger partial charge on any atom is -0.508 e. The van der Waals surface area contributed by atoms with Crippen LogP contribution in [0.4, 0.5) is 17.1 Å². The molecule has 2 aromatic carbocycles. The Hall–Kier alpha value is -4.22. The number of carboxylic acids is 1. The van der Waals surface area contributed by atoms with Crippen LogP contribution in [0.3, 0.4) is 0 Å². The van der Waals surface area contributed by atoms with Gasteiger partial charge >= 0.3 is 5.97 Å². The van der Waals surface area contributed by atoms with Gasteiger partial charge in [-0.05, 0) is 36.6 Å². The summed E-state index contributed by atoms with van der Waals surface area (Å²) in [5.41, 5.74) is 0.0639. The summed E-state index contributed by atoms with van der Waals surface area (Å²) in [4.78, 5) is 44.0. The molecule has 0 aliphatic heterocycles. The first-order valence-corrected chi connectivity index (χ1v) is 10.1. The molecule has 33 heavy (non-hydrogen) atoms. The SMILES string of the molecule is O=C(CCCCCNc1ccc([N+](=O)[O-])cc1[N+](=O)[O-])N[C@@H](Cc1ccc(O)cc1)C(=O)O. The van der Waals surface area contributed by atoms with Gasteiger partial charge in [-0.1, -0.05) is 18.6 Å². The molecule has 0 aromatic heterocycles. The molecule has 2 rings (SSSR count).